The third-order valence-corrected chi connectivity index (χ3v) is 4.67. The van der Waals surface area contributed by atoms with E-state index in [0.29, 0.717) is 13.2 Å². The summed E-state index contributed by atoms with van der Waals surface area (Å²) in [5, 5.41) is 0. The van der Waals surface area contributed by atoms with Gasteiger partial charge < -0.3 is 14.2 Å². The standard InChI is InChI=1S/C16H23NO3/c1-12-15(13-5-4-6-14(11-13)18-3)17(2)8-7-16(12)19-9-10-20-16/h4-6,11-12,15H,7-10H2,1-3H3/t12-,15+/m0/s1. The molecule has 4 heteroatoms. The molecule has 0 bridgehead atoms. The van der Waals surface area contributed by atoms with Gasteiger partial charge in [-0.1, -0.05) is 19.1 Å². The third-order valence-electron chi connectivity index (χ3n) is 4.67. The van der Waals surface area contributed by atoms with Crippen LogP contribution < -0.4 is 4.74 Å². The van der Waals surface area contributed by atoms with Crippen molar-refractivity contribution < 1.29 is 14.2 Å². The minimum Gasteiger partial charge on any atom is -0.497 e. The molecule has 2 heterocycles. The van der Waals surface area contributed by atoms with Crippen molar-refractivity contribution in [3.63, 3.8) is 0 Å². The van der Waals surface area contributed by atoms with E-state index >= 15 is 0 Å². The maximum absolute atomic E-state index is 5.97. The van der Waals surface area contributed by atoms with Crippen molar-refractivity contribution in [1.82, 2.24) is 4.90 Å². The van der Waals surface area contributed by atoms with Crippen LogP contribution in [-0.4, -0.2) is 44.6 Å². The molecule has 1 spiro atoms. The largest absolute Gasteiger partial charge is 0.497 e. The zero-order chi connectivity index (χ0) is 14.2. The third kappa shape index (κ3) is 2.22. The summed E-state index contributed by atoms with van der Waals surface area (Å²) in [6.07, 6.45) is 0.936. The Balaban J connectivity index is 1.92. The van der Waals surface area contributed by atoms with Crippen LogP contribution >= 0.6 is 0 Å². The average molecular weight is 277 g/mol. The van der Waals surface area contributed by atoms with Crippen LogP contribution in [-0.2, 0) is 9.47 Å². The van der Waals surface area contributed by atoms with Gasteiger partial charge in [-0.25, -0.2) is 0 Å². The molecule has 0 N–H and O–H groups in total. The van der Waals surface area contributed by atoms with E-state index < -0.39 is 5.79 Å². The van der Waals surface area contributed by atoms with Crippen molar-refractivity contribution in [2.75, 3.05) is 33.9 Å². The number of hydrogen-bond acceptors (Lipinski definition) is 4. The number of benzene rings is 1. The summed E-state index contributed by atoms with van der Waals surface area (Å²) in [4.78, 5) is 2.38. The quantitative estimate of drug-likeness (QED) is 0.831. The number of ether oxygens (including phenoxy) is 3. The smallest absolute Gasteiger partial charge is 0.174 e. The van der Waals surface area contributed by atoms with Crippen molar-refractivity contribution in [3.8, 4) is 5.75 Å². The molecular formula is C16H23NO3. The van der Waals surface area contributed by atoms with Gasteiger partial charge in [0.1, 0.15) is 5.75 Å². The normalized spacial score (nSPS) is 29.8. The maximum atomic E-state index is 5.97. The summed E-state index contributed by atoms with van der Waals surface area (Å²) in [5.74, 6) is 0.784. The van der Waals surface area contributed by atoms with Crippen molar-refractivity contribution in [1.29, 1.82) is 0 Å². The van der Waals surface area contributed by atoms with Gasteiger partial charge in [0.2, 0.25) is 0 Å². The molecule has 2 saturated heterocycles. The lowest BCUT2D eigenvalue weighted by atomic mass is 9.81. The first-order valence-corrected chi connectivity index (χ1v) is 7.28. The highest BCUT2D eigenvalue weighted by atomic mass is 16.7. The zero-order valence-electron chi connectivity index (χ0n) is 12.5. The fourth-order valence-electron chi connectivity index (χ4n) is 3.57. The lowest BCUT2D eigenvalue weighted by Crippen LogP contribution is -2.52. The fraction of sp³-hybridized carbons (Fsp3) is 0.625. The Morgan fingerprint density at radius 1 is 1.30 bits per heavy atom. The second-order valence-electron chi connectivity index (χ2n) is 5.75. The van der Waals surface area contributed by atoms with E-state index in [1.54, 1.807) is 7.11 Å². The molecule has 2 fully saturated rings. The van der Waals surface area contributed by atoms with Crippen LogP contribution in [0.3, 0.4) is 0 Å². The van der Waals surface area contributed by atoms with Crippen LogP contribution in [0.25, 0.3) is 0 Å². The highest BCUT2D eigenvalue weighted by Gasteiger charge is 2.49. The topological polar surface area (TPSA) is 30.9 Å². The molecule has 2 aliphatic heterocycles. The second-order valence-corrected chi connectivity index (χ2v) is 5.75. The number of rotatable bonds is 2. The summed E-state index contributed by atoms with van der Waals surface area (Å²) >= 11 is 0. The van der Waals surface area contributed by atoms with Crippen molar-refractivity contribution >= 4 is 0 Å². The van der Waals surface area contributed by atoms with Crippen molar-refractivity contribution in [3.05, 3.63) is 29.8 Å². The second kappa shape index (κ2) is 5.35. The molecule has 0 aromatic heterocycles. The zero-order valence-corrected chi connectivity index (χ0v) is 12.5. The van der Waals surface area contributed by atoms with Crippen molar-refractivity contribution in [2.24, 2.45) is 5.92 Å². The first kappa shape index (κ1) is 13.9. The minimum absolute atomic E-state index is 0.288. The first-order valence-electron chi connectivity index (χ1n) is 7.28. The molecule has 2 aliphatic rings. The molecule has 4 nitrogen and oxygen atoms in total. The molecule has 3 rings (SSSR count). The highest BCUT2D eigenvalue weighted by Crippen LogP contribution is 2.45. The van der Waals surface area contributed by atoms with E-state index in [2.05, 4.69) is 31.0 Å². The summed E-state index contributed by atoms with van der Waals surface area (Å²) < 4.78 is 17.3. The Kier molecular flexibility index (Phi) is 3.71. The van der Waals surface area contributed by atoms with Crippen LogP contribution in [0, 0.1) is 5.92 Å². The SMILES string of the molecule is COc1cccc([C@H]2[C@H](C)C3(CCN2C)OCCO3)c1. The van der Waals surface area contributed by atoms with Crippen LogP contribution in [0.2, 0.25) is 0 Å². The number of likely N-dealkylation sites (tertiary alicyclic amines) is 1. The summed E-state index contributed by atoms with van der Waals surface area (Å²) in [6.45, 7) is 4.62. The average Bonchev–Trinajstić information content (AvgIpc) is 2.94. The van der Waals surface area contributed by atoms with E-state index in [-0.39, 0.29) is 12.0 Å². The number of nitrogens with zero attached hydrogens (tertiary/aromatic N) is 1. The lowest BCUT2D eigenvalue weighted by Gasteiger charge is -2.47. The molecule has 0 aliphatic carbocycles. The number of piperidine rings is 1. The molecule has 0 amide bonds. The van der Waals surface area contributed by atoms with Crippen LogP contribution in [0.4, 0.5) is 0 Å². The van der Waals surface area contributed by atoms with E-state index in [4.69, 9.17) is 14.2 Å². The van der Waals surface area contributed by atoms with Crippen LogP contribution in [0.1, 0.15) is 24.9 Å². The summed E-state index contributed by atoms with van der Waals surface area (Å²) in [5.41, 5.74) is 1.26. The Morgan fingerprint density at radius 2 is 2.05 bits per heavy atom. The van der Waals surface area contributed by atoms with E-state index in [0.717, 1.165) is 18.7 Å². The Morgan fingerprint density at radius 3 is 2.75 bits per heavy atom. The molecule has 2 atom stereocenters. The van der Waals surface area contributed by atoms with Gasteiger partial charge in [-0.05, 0) is 24.7 Å². The molecule has 110 valence electrons. The van der Waals surface area contributed by atoms with E-state index in [1.165, 1.54) is 5.56 Å². The fourth-order valence-corrected chi connectivity index (χ4v) is 3.57. The monoisotopic (exact) mass is 277 g/mol. The first-order chi connectivity index (χ1) is 9.66. The Bertz CT molecular complexity index is 471. The van der Waals surface area contributed by atoms with Gasteiger partial charge >= 0.3 is 0 Å². The van der Waals surface area contributed by atoms with Gasteiger partial charge in [-0.3, -0.25) is 4.90 Å². The molecule has 20 heavy (non-hydrogen) atoms. The van der Waals surface area contributed by atoms with Gasteiger partial charge in [0, 0.05) is 24.9 Å². The van der Waals surface area contributed by atoms with Crippen molar-refractivity contribution in [2.45, 2.75) is 25.2 Å². The predicted octanol–water partition coefficient (Wildman–Crippen LogP) is 2.45. The number of hydrogen-bond donors (Lipinski definition) is 0. The molecule has 1 aromatic rings. The molecule has 0 radical (unpaired) electrons. The maximum Gasteiger partial charge on any atom is 0.174 e. The van der Waals surface area contributed by atoms with Gasteiger partial charge in [-0.2, -0.15) is 0 Å². The molecule has 1 aromatic carbocycles. The lowest BCUT2D eigenvalue weighted by molar-refractivity contribution is -0.229. The van der Waals surface area contributed by atoms with Gasteiger partial charge in [-0.15, -0.1) is 0 Å². The van der Waals surface area contributed by atoms with Gasteiger partial charge in [0.05, 0.1) is 20.3 Å². The Labute approximate surface area is 120 Å². The number of methoxy groups -OCH3 is 1. The van der Waals surface area contributed by atoms with Crippen LogP contribution in [0.5, 0.6) is 5.75 Å². The Hall–Kier alpha value is -1.10. The van der Waals surface area contributed by atoms with Gasteiger partial charge in [0.25, 0.3) is 0 Å². The molecular weight excluding hydrogens is 254 g/mol. The van der Waals surface area contributed by atoms with Gasteiger partial charge in [0.15, 0.2) is 5.79 Å². The van der Waals surface area contributed by atoms with E-state index in [9.17, 15) is 0 Å². The van der Waals surface area contributed by atoms with Crippen LogP contribution in [0.15, 0.2) is 24.3 Å². The summed E-state index contributed by atoms with van der Waals surface area (Å²) in [7, 11) is 3.88. The molecule has 0 unspecified atom stereocenters. The predicted molar refractivity (Wildman–Crippen MR) is 76.8 cm³/mol. The molecule has 0 saturated carbocycles. The highest BCUT2D eigenvalue weighted by molar-refractivity contribution is 5.31. The summed E-state index contributed by atoms with van der Waals surface area (Å²) in [6, 6.07) is 8.60. The van der Waals surface area contributed by atoms with E-state index in [1.807, 2.05) is 12.1 Å². The minimum atomic E-state index is -0.403.